The molecule has 3 amide bonds. The van der Waals surface area contributed by atoms with Crippen LogP contribution in [0.4, 0.5) is 5.00 Å². The second-order valence-corrected chi connectivity index (χ2v) is 8.85. The fourth-order valence-electron chi connectivity index (χ4n) is 4.14. The quantitative estimate of drug-likeness (QED) is 0.324. The SMILES string of the molecule is CCOC(=O)c1c(-c2ccc(OCC)cc2)csc1NC(=O)C(CC)N1C(=O)c2ccccc2C1=O. The molecule has 9 heteroatoms. The predicted octanol–water partition coefficient (Wildman–Crippen LogP) is 5.00. The standard InChI is InChI=1S/C27H26N2O6S/c1-4-21(29-25(31)18-9-7-8-10-19(18)26(29)32)23(30)28-24-22(27(33)35-6-3)20(15-36-24)16-11-13-17(14-12-16)34-5-2/h7-15,21H,4-6H2,1-3H3,(H,28,30). The summed E-state index contributed by atoms with van der Waals surface area (Å²) in [6, 6.07) is 12.7. The number of thiophene rings is 1. The molecule has 1 N–H and O–H groups in total. The number of imide groups is 1. The zero-order valence-electron chi connectivity index (χ0n) is 20.2. The molecule has 0 saturated heterocycles. The van der Waals surface area contributed by atoms with Crippen LogP contribution < -0.4 is 10.1 Å². The third-order valence-electron chi connectivity index (χ3n) is 5.81. The van der Waals surface area contributed by atoms with Crippen molar-refractivity contribution < 1.29 is 28.7 Å². The first-order valence-corrected chi connectivity index (χ1v) is 12.6. The summed E-state index contributed by atoms with van der Waals surface area (Å²) in [5.74, 6) is -1.45. The third kappa shape index (κ3) is 4.61. The number of esters is 1. The molecule has 1 atom stereocenters. The Morgan fingerprint density at radius 1 is 0.917 bits per heavy atom. The molecule has 0 radical (unpaired) electrons. The highest BCUT2D eigenvalue weighted by Crippen LogP contribution is 2.37. The van der Waals surface area contributed by atoms with Gasteiger partial charge in [0.2, 0.25) is 5.91 Å². The Labute approximate surface area is 212 Å². The number of nitrogens with one attached hydrogen (secondary N) is 1. The van der Waals surface area contributed by atoms with Gasteiger partial charge in [0, 0.05) is 10.9 Å². The molecule has 0 spiro atoms. The number of nitrogens with zero attached hydrogens (tertiary/aromatic N) is 1. The van der Waals surface area contributed by atoms with Crippen molar-refractivity contribution in [1.82, 2.24) is 4.90 Å². The van der Waals surface area contributed by atoms with Crippen molar-refractivity contribution in [3.8, 4) is 16.9 Å². The topological polar surface area (TPSA) is 102 Å². The molecule has 0 fully saturated rings. The number of carbonyl (C=O) groups is 4. The number of amides is 3. The average molecular weight is 507 g/mol. The first kappa shape index (κ1) is 25.1. The van der Waals surface area contributed by atoms with Crippen LogP contribution in [0.3, 0.4) is 0 Å². The number of benzene rings is 2. The van der Waals surface area contributed by atoms with E-state index in [1.807, 2.05) is 19.1 Å². The molecular weight excluding hydrogens is 480 g/mol. The number of hydrogen-bond donors (Lipinski definition) is 1. The fourth-order valence-corrected chi connectivity index (χ4v) is 5.10. The molecule has 2 heterocycles. The molecule has 36 heavy (non-hydrogen) atoms. The van der Waals surface area contributed by atoms with E-state index in [-0.39, 0.29) is 34.7 Å². The van der Waals surface area contributed by atoms with Gasteiger partial charge in [-0.3, -0.25) is 19.3 Å². The van der Waals surface area contributed by atoms with Crippen LogP contribution >= 0.6 is 11.3 Å². The van der Waals surface area contributed by atoms with Crippen molar-refractivity contribution in [2.75, 3.05) is 18.5 Å². The van der Waals surface area contributed by atoms with E-state index in [9.17, 15) is 19.2 Å². The van der Waals surface area contributed by atoms with E-state index in [1.165, 1.54) is 11.3 Å². The molecule has 0 saturated carbocycles. The number of ether oxygens (including phenoxy) is 2. The molecule has 4 rings (SSSR count). The smallest absolute Gasteiger partial charge is 0.341 e. The summed E-state index contributed by atoms with van der Waals surface area (Å²) in [6.07, 6.45) is 0.211. The van der Waals surface area contributed by atoms with Gasteiger partial charge in [-0.15, -0.1) is 11.3 Å². The molecule has 0 bridgehead atoms. The van der Waals surface area contributed by atoms with Crippen LogP contribution in [0, 0.1) is 0 Å². The van der Waals surface area contributed by atoms with Crippen LogP contribution in [-0.2, 0) is 9.53 Å². The van der Waals surface area contributed by atoms with E-state index < -0.39 is 29.7 Å². The molecule has 8 nitrogen and oxygen atoms in total. The van der Waals surface area contributed by atoms with Gasteiger partial charge >= 0.3 is 5.97 Å². The Balaban J connectivity index is 1.64. The first-order valence-electron chi connectivity index (χ1n) is 11.7. The minimum absolute atomic E-state index is 0.164. The van der Waals surface area contributed by atoms with Crippen molar-refractivity contribution in [2.45, 2.75) is 33.2 Å². The summed E-state index contributed by atoms with van der Waals surface area (Å²) >= 11 is 1.17. The lowest BCUT2D eigenvalue weighted by Gasteiger charge is -2.24. The average Bonchev–Trinajstić information content (AvgIpc) is 3.40. The molecule has 1 unspecified atom stereocenters. The molecule has 2 aromatic carbocycles. The summed E-state index contributed by atoms with van der Waals surface area (Å²) in [7, 11) is 0. The van der Waals surface area contributed by atoms with Gasteiger partial charge < -0.3 is 14.8 Å². The van der Waals surface area contributed by atoms with Crippen LogP contribution in [0.25, 0.3) is 11.1 Å². The van der Waals surface area contributed by atoms with E-state index >= 15 is 0 Å². The maximum Gasteiger partial charge on any atom is 0.341 e. The highest BCUT2D eigenvalue weighted by molar-refractivity contribution is 7.15. The highest BCUT2D eigenvalue weighted by Gasteiger charge is 2.42. The van der Waals surface area contributed by atoms with E-state index in [4.69, 9.17) is 9.47 Å². The molecule has 0 aliphatic carbocycles. The Morgan fingerprint density at radius 3 is 2.11 bits per heavy atom. The zero-order chi connectivity index (χ0) is 25.8. The predicted molar refractivity (Wildman–Crippen MR) is 137 cm³/mol. The summed E-state index contributed by atoms with van der Waals surface area (Å²) in [5, 5.41) is 4.83. The van der Waals surface area contributed by atoms with Crippen molar-refractivity contribution in [1.29, 1.82) is 0 Å². The zero-order valence-corrected chi connectivity index (χ0v) is 21.0. The molecule has 3 aromatic rings. The number of carbonyl (C=O) groups excluding carboxylic acids is 4. The van der Waals surface area contributed by atoms with Crippen LogP contribution in [0.2, 0.25) is 0 Å². The van der Waals surface area contributed by atoms with Gasteiger partial charge in [0.25, 0.3) is 11.8 Å². The third-order valence-corrected chi connectivity index (χ3v) is 6.71. The number of hydrogen-bond acceptors (Lipinski definition) is 7. The number of anilines is 1. The van der Waals surface area contributed by atoms with Crippen LogP contribution in [-0.4, -0.2) is 47.8 Å². The highest BCUT2D eigenvalue weighted by atomic mass is 32.1. The van der Waals surface area contributed by atoms with Gasteiger partial charge in [-0.25, -0.2) is 4.79 Å². The lowest BCUT2D eigenvalue weighted by molar-refractivity contribution is -0.120. The second-order valence-electron chi connectivity index (χ2n) is 7.97. The lowest BCUT2D eigenvalue weighted by Crippen LogP contribution is -2.46. The van der Waals surface area contributed by atoms with E-state index in [2.05, 4.69) is 5.32 Å². The summed E-state index contributed by atoms with van der Waals surface area (Å²) in [6.45, 7) is 6.02. The Morgan fingerprint density at radius 2 is 1.56 bits per heavy atom. The maximum atomic E-state index is 13.3. The molecule has 1 aliphatic rings. The van der Waals surface area contributed by atoms with E-state index in [0.29, 0.717) is 17.9 Å². The summed E-state index contributed by atoms with van der Waals surface area (Å²) in [4.78, 5) is 53.1. The number of rotatable bonds is 9. The first-order chi connectivity index (χ1) is 17.4. The Bertz CT molecular complexity index is 1280. The van der Waals surface area contributed by atoms with Gasteiger partial charge in [0.15, 0.2) is 0 Å². The summed E-state index contributed by atoms with van der Waals surface area (Å²) < 4.78 is 10.8. The minimum Gasteiger partial charge on any atom is -0.494 e. The van der Waals surface area contributed by atoms with Gasteiger partial charge in [-0.1, -0.05) is 31.2 Å². The van der Waals surface area contributed by atoms with Gasteiger partial charge in [-0.05, 0) is 50.1 Å². The maximum absolute atomic E-state index is 13.3. The Kier molecular flexibility index (Phi) is 7.49. The normalized spacial score (nSPS) is 13.4. The largest absolute Gasteiger partial charge is 0.494 e. The Hall–Kier alpha value is -3.98. The van der Waals surface area contributed by atoms with Gasteiger partial charge in [0.1, 0.15) is 22.4 Å². The molecule has 186 valence electrons. The second kappa shape index (κ2) is 10.7. The molecule has 1 aromatic heterocycles. The van der Waals surface area contributed by atoms with Gasteiger partial charge in [0.05, 0.1) is 24.3 Å². The van der Waals surface area contributed by atoms with E-state index in [0.717, 1.165) is 10.5 Å². The van der Waals surface area contributed by atoms with Crippen LogP contribution in [0.5, 0.6) is 5.75 Å². The van der Waals surface area contributed by atoms with Crippen LogP contribution in [0.1, 0.15) is 58.3 Å². The monoisotopic (exact) mass is 506 g/mol. The van der Waals surface area contributed by atoms with Crippen molar-refractivity contribution >= 4 is 40.0 Å². The minimum atomic E-state index is -1.04. The van der Waals surface area contributed by atoms with Gasteiger partial charge in [-0.2, -0.15) is 0 Å². The summed E-state index contributed by atoms with van der Waals surface area (Å²) in [5.41, 5.74) is 2.12. The van der Waals surface area contributed by atoms with Crippen molar-refractivity contribution in [3.63, 3.8) is 0 Å². The lowest BCUT2D eigenvalue weighted by atomic mass is 10.0. The number of fused-ring (bicyclic) bond motifs is 1. The molecule has 1 aliphatic heterocycles. The van der Waals surface area contributed by atoms with Crippen molar-refractivity contribution in [3.05, 3.63) is 70.6 Å². The van der Waals surface area contributed by atoms with Crippen LogP contribution in [0.15, 0.2) is 53.9 Å². The van der Waals surface area contributed by atoms with Crippen molar-refractivity contribution in [2.24, 2.45) is 0 Å². The fraction of sp³-hybridized carbons (Fsp3) is 0.259. The molecular formula is C27H26N2O6S. The van der Waals surface area contributed by atoms with E-state index in [1.54, 1.807) is 55.6 Å².